The van der Waals surface area contributed by atoms with E-state index in [2.05, 4.69) is 10.6 Å². The third-order valence-corrected chi connectivity index (χ3v) is 4.05. The highest BCUT2D eigenvalue weighted by atomic mass is 19.1. The van der Waals surface area contributed by atoms with Gasteiger partial charge in [0.2, 0.25) is 0 Å². The van der Waals surface area contributed by atoms with Crippen molar-refractivity contribution in [2.24, 2.45) is 0 Å². The third-order valence-electron chi connectivity index (χ3n) is 4.05. The third kappa shape index (κ3) is 4.80. The molecule has 0 aromatic heterocycles. The SMILES string of the molecule is O=C(NCc1ccccc1)NCC1CN(c2ccc(F)cc2)C(=O)CO1. The fourth-order valence-electron chi connectivity index (χ4n) is 2.67. The van der Waals surface area contributed by atoms with Gasteiger partial charge in [-0.3, -0.25) is 4.79 Å². The lowest BCUT2D eigenvalue weighted by atomic mass is 10.2. The first-order valence-electron chi connectivity index (χ1n) is 8.35. The van der Waals surface area contributed by atoms with Crippen LogP contribution in [0.2, 0.25) is 0 Å². The average molecular weight is 357 g/mol. The van der Waals surface area contributed by atoms with E-state index in [-0.39, 0.29) is 37.0 Å². The fourth-order valence-corrected chi connectivity index (χ4v) is 2.67. The minimum absolute atomic E-state index is 0.0741. The summed E-state index contributed by atoms with van der Waals surface area (Å²) in [4.78, 5) is 25.5. The lowest BCUT2D eigenvalue weighted by molar-refractivity contribution is -0.129. The Kier molecular flexibility index (Phi) is 5.80. The van der Waals surface area contributed by atoms with Gasteiger partial charge in [-0.1, -0.05) is 30.3 Å². The Morgan fingerprint density at radius 1 is 1.12 bits per heavy atom. The van der Waals surface area contributed by atoms with Gasteiger partial charge in [0.25, 0.3) is 5.91 Å². The number of nitrogens with zero attached hydrogens (tertiary/aromatic N) is 1. The van der Waals surface area contributed by atoms with Crippen molar-refractivity contribution in [1.82, 2.24) is 10.6 Å². The van der Waals surface area contributed by atoms with Gasteiger partial charge in [-0.2, -0.15) is 0 Å². The number of carbonyl (C=O) groups is 2. The molecule has 3 rings (SSSR count). The molecule has 1 atom stereocenters. The second-order valence-electron chi connectivity index (χ2n) is 5.96. The summed E-state index contributed by atoms with van der Waals surface area (Å²) in [5.41, 5.74) is 1.61. The molecule has 1 fully saturated rings. The summed E-state index contributed by atoms with van der Waals surface area (Å²) in [7, 11) is 0. The van der Waals surface area contributed by atoms with Gasteiger partial charge >= 0.3 is 6.03 Å². The predicted molar refractivity (Wildman–Crippen MR) is 95.2 cm³/mol. The number of halogens is 1. The van der Waals surface area contributed by atoms with Gasteiger partial charge in [-0.25, -0.2) is 9.18 Å². The number of amides is 3. The van der Waals surface area contributed by atoms with E-state index >= 15 is 0 Å². The lowest BCUT2D eigenvalue weighted by Crippen LogP contribution is -2.51. The Bertz CT molecular complexity index is 752. The molecule has 0 saturated carbocycles. The number of benzene rings is 2. The molecular formula is C19H20FN3O3. The minimum Gasteiger partial charge on any atom is -0.365 e. The Labute approximate surface area is 150 Å². The Balaban J connectivity index is 1.48. The number of anilines is 1. The van der Waals surface area contributed by atoms with E-state index in [0.29, 0.717) is 18.8 Å². The van der Waals surface area contributed by atoms with Crippen LogP contribution in [0.1, 0.15) is 5.56 Å². The first-order valence-corrected chi connectivity index (χ1v) is 8.35. The van der Waals surface area contributed by atoms with Crippen LogP contribution in [-0.4, -0.2) is 37.7 Å². The van der Waals surface area contributed by atoms with Crippen molar-refractivity contribution < 1.29 is 18.7 Å². The standard InChI is InChI=1S/C19H20FN3O3/c20-15-6-8-16(9-7-15)23-12-17(26-13-18(23)24)11-22-19(25)21-10-14-4-2-1-3-5-14/h1-9,17H,10-13H2,(H2,21,22,25). The predicted octanol–water partition coefficient (Wildman–Crippen LogP) is 2.06. The van der Waals surface area contributed by atoms with E-state index < -0.39 is 0 Å². The number of ether oxygens (including phenoxy) is 1. The molecule has 0 bridgehead atoms. The monoisotopic (exact) mass is 357 g/mol. The van der Waals surface area contributed by atoms with E-state index in [0.717, 1.165) is 5.56 Å². The summed E-state index contributed by atoms with van der Waals surface area (Å²) in [6.07, 6.45) is -0.333. The van der Waals surface area contributed by atoms with Gasteiger partial charge in [0.1, 0.15) is 12.4 Å². The molecule has 1 heterocycles. The number of hydrogen-bond acceptors (Lipinski definition) is 3. The van der Waals surface area contributed by atoms with Gasteiger partial charge in [0.15, 0.2) is 0 Å². The zero-order valence-corrected chi connectivity index (χ0v) is 14.2. The van der Waals surface area contributed by atoms with Crippen LogP contribution in [-0.2, 0) is 16.1 Å². The smallest absolute Gasteiger partial charge is 0.315 e. The van der Waals surface area contributed by atoms with Crippen molar-refractivity contribution in [3.8, 4) is 0 Å². The van der Waals surface area contributed by atoms with E-state index in [1.165, 1.54) is 17.0 Å². The van der Waals surface area contributed by atoms with Crippen molar-refractivity contribution in [2.45, 2.75) is 12.6 Å². The van der Waals surface area contributed by atoms with Crippen LogP contribution in [0, 0.1) is 5.82 Å². The number of nitrogens with one attached hydrogen (secondary N) is 2. The molecule has 136 valence electrons. The topological polar surface area (TPSA) is 70.7 Å². The van der Waals surface area contributed by atoms with Crippen molar-refractivity contribution in [2.75, 3.05) is 24.6 Å². The van der Waals surface area contributed by atoms with Gasteiger partial charge in [0, 0.05) is 18.8 Å². The molecule has 6 nitrogen and oxygen atoms in total. The van der Waals surface area contributed by atoms with Crippen molar-refractivity contribution >= 4 is 17.6 Å². The van der Waals surface area contributed by atoms with Crippen LogP contribution >= 0.6 is 0 Å². The normalized spacial score (nSPS) is 17.0. The lowest BCUT2D eigenvalue weighted by Gasteiger charge is -2.32. The second kappa shape index (κ2) is 8.44. The maximum Gasteiger partial charge on any atom is 0.315 e. The molecule has 0 radical (unpaired) electrons. The molecule has 0 spiro atoms. The quantitative estimate of drug-likeness (QED) is 0.861. The number of carbonyl (C=O) groups excluding carboxylic acids is 2. The average Bonchev–Trinajstić information content (AvgIpc) is 2.67. The zero-order valence-electron chi connectivity index (χ0n) is 14.2. The maximum absolute atomic E-state index is 13.0. The Hall–Kier alpha value is -2.93. The zero-order chi connectivity index (χ0) is 18.4. The summed E-state index contributed by atoms with van der Waals surface area (Å²) < 4.78 is 18.5. The van der Waals surface area contributed by atoms with Crippen LogP contribution in [0.25, 0.3) is 0 Å². The van der Waals surface area contributed by atoms with Crippen molar-refractivity contribution in [3.63, 3.8) is 0 Å². The van der Waals surface area contributed by atoms with E-state index in [1.54, 1.807) is 12.1 Å². The highest BCUT2D eigenvalue weighted by Crippen LogP contribution is 2.18. The fraction of sp³-hybridized carbons (Fsp3) is 0.263. The summed E-state index contributed by atoms with van der Waals surface area (Å²) in [5.74, 6) is -0.552. The molecule has 7 heteroatoms. The first kappa shape index (κ1) is 17.9. The van der Waals surface area contributed by atoms with Crippen LogP contribution in [0.15, 0.2) is 54.6 Å². The largest absolute Gasteiger partial charge is 0.365 e. The molecule has 1 saturated heterocycles. The van der Waals surface area contributed by atoms with E-state index in [1.807, 2.05) is 30.3 Å². The number of morpholine rings is 1. The van der Waals surface area contributed by atoms with E-state index in [4.69, 9.17) is 4.74 Å². The first-order chi connectivity index (χ1) is 12.6. The molecule has 26 heavy (non-hydrogen) atoms. The Morgan fingerprint density at radius 3 is 2.58 bits per heavy atom. The molecule has 2 aromatic rings. The van der Waals surface area contributed by atoms with Crippen molar-refractivity contribution in [1.29, 1.82) is 0 Å². The van der Waals surface area contributed by atoms with E-state index in [9.17, 15) is 14.0 Å². The summed E-state index contributed by atoms with van der Waals surface area (Å²) >= 11 is 0. The summed E-state index contributed by atoms with van der Waals surface area (Å²) in [6.45, 7) is 0.919. The molecule has 1 aliphatic rings. The Morgan fingerprint density at radius 2 is 1.85 bits per heavy atom. The number of hydrogen-bond donors (Lipinski definition) is 2. The molecule has 2 N–H and O–H groups in total. The molecule has 2 aromatic carbocycles. The number of urea groups is 1. The summed E-state index contributed by atoms with van der Waals surface area (Å²) in [5, 5.41) is 5.51. The van der Waals surface area contributed by atoms with Gasteiger partial charge in [-0.05, 0) is 29.8 Å². The maximum atomic E-state index is 13.0. The molecule has 3 amide bonds. The van der Waals surface area contributed by atoms with Gasteiger partial charge in [-0.15, -0.1) is 0 Å². The minimum atomic E-state index is -0.359. The number of rotatable bonds is 5. The highest BCUT2D eigenvalue weighted by Gasteiger charge is 2.27. The van der Waals surface area contributed by atoms with Crippen molar-refractivity contribution in [3.05, 3.63) is 66.0 Å². The summed E-state index contributed by atoms with van der Waals surface area (Å²) in [6, 6.07) is 15.0. The molecule has 0 aliphatic carbocycles. The van der Waals surface area contributed by atoms with Gasteiger partial charge < -0.3 is 20.3 Å². The second-order valence-corrected chi connectivity index (χ2v) is 5.96. The molecule has 1 unspecified atom stereocenters. The van der Waals surface area contributed by atoms with Crippen LogP contribution in [0.5, 0.6) is 0 Å². The molecule has 1 aliphatic heterocycles. The highest BCUT2D eigenvalue weighted by molar-refractivity contribution is 5.95. The van der Waals surface area contributed by atoms with Gasteiger partial charge in [0.05, 0.1) is 12.6 Å². The van der Waals surface area contributed by atoms with Crippen LogP contribution in [0.3, 0.4) is 0 Å². The van der Waals surface area contributed by atoms with Crippen LogP contribution < -0.4 is 15.5 Å². The molecular weight excluding hydrogens is 337 g/mol. The van der Waals surface area contributed by atoms with Crippen LogP contribution in [0.4, 0.5) is 14.9 Å².